The minimum absolute atomic E-state index is 0.327. The molecule has 2 rings (SSSR count). The van der Waals surface area contributed by atoms with Crippen LogP contribution < -0.4 is 0 Å². The van der Waals surface area contributed by atoms with Gasteiger partial charge in [-0.05, 0) is 29.7 Å². The van der Waals surface area contributed by atoms with Gasteiger partial charge in [-0.2, -0.15) is 5.26 Å². The molecule has 0 aromatic heterocycles. The number of carbonyl (C=O) groups is 1. The van der Waals surface area contributed by atoms with Crippen molar-refractivity contribution in [2.24, 2.45) is 0 Å². The van der Waals surface area contributed by atoms with Gasteiger partial charge in [-0.3, -0.25) is 0 Å². The van der Waals surface area contributed by atoms with Crippen LogP contribution in [0, 0.1) is 11.3 Å². The van der Waals surface area contributed by atoms with Gasteiger partial charge >= 0.3 is 5.97 Å². The second-order valence-electron chi connectivity index (χ2n) is 6.51. The molecule has 2 aromatic carbocycles. The number of nitrogens with zero attached hydrogens (tertiary/aromatic N) is 1. The van der Waals surface area contributed by atoms with E-state index in [2.05, 4.69) is 13.0 Å². The van der Waals surface area contributed by atoms with Crippen molar-refractivity contribution in [3.8, 4) is 17.2 Å². The number of nitriles is 1. The first-order valence-electron chi connectivity index (χ1n) is 9.69. The van der Waals surface area contributed by atoms with Crippen LogP contribution >= 0.6 is 0 Å². The number of rotatable bonds is 10. The largest absolute Gasteiger partial charge is 0.463 e. The SMILES string of the molecule is CCCCCCCCOC(=O)C=Cc1ccccc1-c1ccccc1C#N. The molecule has 3 heteroatoms. The Hall–Kier alpha value is -2.86. The number of unbranched alkanes of at least 4 members (excludes halogenated alkanes) is 5. The van der Waals surface area contributed by atoms with Crippen molar-refractivity contribution in [2.45, 2.75) is 45.4 Å². The van der Waals surface area contributed by atoms with E-state index in [1.54, 1.807) is 12.1 Å². The highest BCUT2D eigenvalue weighted by Crippen LogP contribution is 2.27. The van der Waals surface area contributed by atoms with Crippen LogP contribution in [0.2, 0.25) is 0 Å². The van der Waals surface area contributed by atoms with Gasteiger partial charge in [0.15, 0.2) is 0 Å². The lowest BCUT2D eigenvalue weighted by Gasteiger charge is -2.08. The molecule has 0 saturated carbocycles. The van der Waals surface area contributed by atoms with Crippen molar-refractivity contribution in [3.63, 3.8) is 0 Å². The van der Waals surface area contributed by atoms with Crippen molar-refractivity contribution in [1.82, 2.24) is 0 Å². The molecule has 0 aliphatic heterocycles. The Labute approximate surface area is 162 Å². The van der Waals surface area contributed by atoms with Crippen LogP contribution in [0.5, 0.6) is 0 Å². The van der Waals surface area contributed by atoms with E-state index in [1.165, 1.54) is 31.8 Å². The third kappa shape index (κ3) is 6.75. The standard InChI is InChI=1S/C24H27NO2/c1-2-3-4-5-6-11-18-27-24(26)17-16-20-12-7-9-14-22(20)23-15-10-8-13-21(23)19-25/h7-10,12-17H,2-6,11,18H2,1H3. The van der Waals surface area contributed by atoms with E-state index in [0.717, 1.165) is 29.5 Å². The molecule has 0 bridgehead atoms. The van der Waals surface area contributed by atoms with Crippen molar-refractivity contribution >= 4 is 12.0 Å². The lowest BCUT2D eigenvalue weighted by Crippen LogP contribution is -2.02. The third-order valence-corrected chi connectivity index (χ3v) is 4.44. The zero-order chi connectivity index (χ0) is 19.3. The lowest BCUT2D eigenvalue weighted by atomic mass is 9.96. The fraction of sp³-hybridized carbons (Fsp3) is 0.333. The maximum atomic E-state index is 12.0. The van der Waals surface area contributed by atoms with Crippen molar-refractivity contribution in [3.05, 3.63) is 65.7 Å². The zero-order valence-corrected chi connectivity index (χ0v) is 16.0. The molecule has 27 heavy (non-hydrogen) atoms. The van der Waals surface area contributed by atoms with Gasteiger partial charge in [0.1, 0.15) is 0 Å². The topological polar surface area (TPSA) is 50.1 Å². The van der Waals surface area contributed by atoms with Crippen LogP contribution in [0.25, 0.3) is 17.2 Å². The predicted octanol–water partition coefficient (Wildman–Crippen LogP) is 6.14. The summed E-state index contributed by atoms with van der Waals surface area (Å²) in [7, 11) is 0. The summed E-state index contributed by atoms with van der Waals surface area (Å²) < 4.78 is 5.28. The molecule has 0 aliphatic carbocycles. The van der Waals surface area contributed by atoms with E-state index in [1.807, 2.05) is 42.5 Å². The summed E-state index contributed by atoms with van der Waals surface area (Å²) in [5.41, 5.74) is 3.29. The molecule has 0 saturated heterocycles. The Balaban J connectivity index is 1.94. The summed E-state index contributed by atoms with van der Waals surface area (Å²) in [5, 5.41) is 9.34. The smallest absolute Gasteiger partial charge is 0.330 e. The normalized spacial score (nSPS) is 10.7. The van der Waals surface area contributed by atoms with Gasteiger partial charge in [-0.1, -0.05) is 81.5 Å². The molecule has 0 N–H and O–H groups in total. The molecule has 140 valence electrons. The molecule has 0 spiro atoms. The Kier molecular flexibility index (Phi) is 8.86. The second-order valence-corrected chi connectivity index (χ2v) is 6.51. The first-order chi connectivity index (χ1) is 13.3. The summed E-state index contributed by atoms with van der Waals surface area (Å²) in [5.74, 6) is -0.327. The fourth-order valence-corrected chi connectivity index (χ4v) is 2.96. The Morgan fingerprint density at radius 3 is 2.41 bits per heavy atom. The highest BCUT2D eigenvalue weighted by Gasteiger charge is 2.07. The van der Waals surface area contributed by atoms with Crippen LogP contribution in [0.3, 0.4) is 0 Å². The molecule has 0 amide bonds. The van der Waals surface area contributed by atoms with Gasteiger partial charge in [0, 0.05) is 11.6 Å². The van der Waals surface area contributed by atoms with Crippen molar-refractivity contribution < 1.29 is 9.53 Å². The highest BCUT2D eigenvalue weighted by atomic mass is 16.5. The van der Waals surface area contributed by atoms with E-state index in [-0.39, 0.29) is 5.97 Å². The molecule has 0 heterocycles. The first kappa shape index (κ1) is 20.5. The third-order valence-electron chi connectivity index (χ3n) is 4.44. The lowest BCUT2D eigenvalue weighted by molar-refractivity contribution is -0.137. The quantitative estimate of drug-likeness (QED) is 0.290. The Morgan fingerprint density at radius 1 is 0.963 bits per heavy atom. The minimum Gasteiger partial charge on any atom is -0.463 e. The zero-order valence-electron chi connectivity index (χ0n) is 16.0. The molecule has 0 atom stereocenters. The number of ether oxygens (including phenoxy) is 1. The Bertz CT molecular complexity index is 802. The predicted molar refractivity (Wildman–Crippen MR) is 110 cm³/mol. The summed E-state index contributed by atoms with van der Waals surface area (Å²) in [6.45, 7) is 2.67. The number of hydrogen-bond donors (Lipinski definition) is 0. The van der Waals surface area contributed by atoms with E-state index in [0.29, 0.717) is 12.2 Å². The number of hydrogen-bond acceptors (Lipinski definition) is 3. The second kappa shape index (κ2) is 11.7. The van der Waals surface area contributed by atoms with Gasteiger partial charge in [0.25, 0.3) is 0 Å². The van der Waals surface area contributed by atoms with Crippen molar-refractivity contribution in [1.29, 1.82) is 5.26 Å². The molecule has 0 radical (unpaired) electrons. The summed E-state index contributed by atoms with van der Waals surface area (Å²) in [4.78, 5) is 12.0. The minimum atomic E-state index is -0.327. The van der Waals surface area contributed by atoms with E-state index in [9.17, 15) is 10.1 Å². The van der Waals surface area contributed by atoms with Crippen molar-refractivity contribution in [2.75, 3.05) is 6.61 Å². The highest BCUT2D eigenvalue weighted by molar-refractivity contribution is 5.89. The molecule has 0 fully saturated rings. The van der Waals surface area contributed by atoms with E-state index < -0.39 is 0 Å². The van der Waals surface area contributed by atoms with Gasteiger partial charge < -0.3 is 4.74 Å². The van der Waals surface area contributed by atoms with Crippen LogP contribution in [-0.4, -0.2) is 12.6 Å². The number of benzene rings is 2. The number of esters is 1. The average molecular weight is 361 g/mol. The summed E-state index contributed by atoms with van der Waals surface area (Å²) >= 11 is 0. The summed E-state index contributed by atoms with van der Waals surface area (Å²) in [6, 6.07) is 17.4. The average Bonchev–Trinajstić information content (AvgIpc) is 2.71. The monoisotopic (exact) mass is 361 g/mol. The van der Waals surface area contributed by atoms with Crippen LogP contribution in [0.15, 0.2) is 54.6 Å². The fourth-order valence-electron chi connectivity index (χ4n) is 2.96. The maximum Gasteiger partial charge on any atom is 0.330 e. The van der Waals surface area contributed by atoms with E-state index in [4.69, 9.17) is 4.74 Å². The van der Waals surface area contributed by atoms with Crippen LogP contribution in [-0.2, 0) is 9.53 Å². The van der Waals surface area contributed by atoms with Gasteiger partial charge in [0.05, 0.1) is 18.2 Å². The molecular formula is C24H27NO2. The molecule has 0 aliphatic rings. The van der Waals surface area contributed by atoms with Gasteiger partial charge in [-0.25, -0.2) is 4.79 Å². The number of carbonyl (C=O) groups excluding carboxylic acids is 1. The first-order valence-corrected chi connectivity index (χ1v) is 9.69. The molecule has 2 aromatic rings. The van der Waals surface area contributed by atoms with Crippen LogP contribution in [0.4, 0.5) is 0 Å². The molecule has 0 unspecified atom stereocenters. The van der Waals surface area contributed by atoms with E-state index >= 15 is 0 Å². The van der Waals surface area contributed by atoms with Crippen LogP contribution in [0.1, 0.15) is 56.6 Å². The van der Waals surface area contributed by atoms with Gasteiger partial charge in [0.2, 0.25) is 0 Å². The Morgan fingerprint density at radius 2 is 1.63 bits per heavy atom. The molecule has 3 nitrogen and oxygen atoms in total. The molecular weight excluding hydrogens is 334 g/mol. The van der Waals surface area contributed by atoms with Gasteiger partial charge in [-0.15, -0.1) is 0 Å². The summed E-state index contributed by atoms with van der Waals surface area (Å²) in [6.07, 6.45) is 10.2. The maximum absolute atomic E-state index is 12.0.